The second-order valence-corrected chi connectivity index (χ2v) is 6.44. The van der Waals surface area contributed by atoms with Gasteiger partial charge in [0.25, 0.3) is 0 Å². The summed E-state index contributed by atoms with van der Waals surface area (Å²) in [6.45, 7) is 5.01. The number of nitrogens with one attached hydrogen (secondary N) is 2. The van der Waals surface area contributed by atoms with Gasteiger partial charge in [0.2, 0.25) is 11.8 Å². The molecule has 0 saturated carbocycles. The molecule has 2 aromatic carbocycles. The molecule has 1 saturated heterocycles. The molecule has 0 radical (unpaired) electrons. The quantitative estimate of drug-likeness (QED) is 0.725. The van der Waals surface area contributed by atoms with E-state index >= 15 is 0 Å². The molecule has 1 atom stereocenters. The minimum absolute atomic E-state index is 0.145. The van der Waals surface area contributed by atoms with E-state index in [1.807, 2.05) is 24.3 Å². The maximum absolute atomic E-state index is 12.4. The van der Waals surface area contributed by atoms with Crippen LogP contribution in [0.5, 0.6) is 0 Å². The number of primary amides is 1. The Morgan fingerprint density at radius 2 is 1.59 bits per heavy atom. The maximum Gasteiger partial charge on any atom is 0.248 e. The first kappa shape index (κ1) is 18.7. The number of benzene rings is 2. The van der Waals surface area contributed by atoms with E-state index in [1.165, 1.54) is 0 Å². The van der Waals surface area contributed by atoms with Crippen molar-refractivity contribution < 1.29 is 14.3 Å². The number of morpholine rings is 1. The molecule has 0 aliphatic carbocycles. The fraction of sp³-hybridized carbons (Fsp3) is 0.300. The molecule has 7 nitrogen and oxygen atoms in total. The monoisotopic (exact) mass is 368 g/mol. The molecular weight excluding hydrogens is 344 g/mol. The highest BCUT2D eigenvalue weighted by atomic mass is 16.5. The third-order valence-electron chi connectivity index (χ3n) is 4.46. The fourth-order valence-corrected chi connectivity index (χ4v) is 2.87. The highest BCUT2D eigenvalue weighted by Crippen LogP contribution is 2.19. The van der Waals surface area contributed by atoms with Crippen LogP contribution in [-0.4, -0.2) is 44.2 Å². The van der Waals surface area contributed by atoms with Crippen LogP contribution in [0.25, 0.3) is 0 Å². The van der Waals surface area contributed by atoms with Crippen LogP contribution in [0.1, 0.15) is 17.3 Å². The molecule has 7 heteroatoms. The van der Waals surface area contributed by atoms with Crippen molar-refractivity contribution in [1.29, 1.82) is 0 Å². The van der Waals surface area contributed by atoms with Crippen molar-refractivity contribution in [3.63, 3.8) is 0 Å². The van der Waals surface area contributed by atoms with Gasteiger partial charge in [0, 0.05) is 35.7 Å². The topological polar surface area (TPSA) is 96.7 Å². The van der Waals surface area contributed by atoms with E-state index in [2.05, 4.69) is 15.5 Å². The molecule has 3 rings (SSSR count). The van der Waals surface area contributed by atoms with Crippen LogP contribution in [0.15, 0.2) is 48.5 Å². The Hall–Kier alpha value is -3.06. The molecule has 0 unspecified atom stereocenters. The Labute approximate surface area is 158 Å². The summed E-state index contributed by atoms with van der Waals surface area (Å²) in [7, 11) is 0. The molecule has 2 amide bonds. The van der Waals surface area contributed by atoms with Crippen LogP contribution in [0, 0.1) is 0 Å². The van der Waals surface area contributed by atoms with Crippen LogP contribution < -0.4 is 21.3 Å². The van der Waals surface area contributed by atoms with Gasteiger partial charge in [-0.3, -0.25) is 9.59 Å². The molecule has 1 aliphatic rings. The number of anilines is 3. The van der Waals surface area contributed by atoms with E-state index < -0.39 is 11.9 Å². The van der Waals surface area contributed by atoms with E-state index in [-0.39, 0.29) is 5.91 Å². The Bertz CT molecular complexity index is 784. The first-order valence-corrected chi connectivity index (χ1v) is 8.93. The second-order valence-electron chi connectivity index (χ2n) is 6.44. The fourth-order valence-electron chi connectivity index (χ4n) is 2.87. The third kappa shape index (κ3) is 4.98. The third-order valence-corrected chi connectivity index (χ3v) is 4.46. The lowest BCUT2D eigenvalue weighted by Crippen LogP contribution is -2.36. The average Bonchev–Trinajstić information content (AvgIpc) is 2.69. The van der Waals surface area contributed by atoms with E-state index in [0.717, 1.165) is 43.4 Å². The summed E-state index contributed by atoms with van der Waals surface area (Å²) >= 11 is 0. The predicted octanol–water partition coefficient (Wildman–Crippen LogP) is 2.06. The van der Waals surface area contributed by atoms with Gasteiger partial charge in [-0.25, -0.2) is 0 Å². The zero-order valence-corrected chi connectivity index (χ0v) is 15.3. The molecule has 0 aromatic heterocycles. The second kappa shape index (κ2) is 8.55. The number of hydrogen-bond acceptors (Lipinski definition) is 5. The smallest absolute Gasteiger partial charge is 0.248 e. The lowest BCUT2D eigenvalue weighted by Gasteiger charge is -2.29. The van der Waals surface area contributed by atoms with Gasteiger partial charge in [0.15, 0.2) is 0 Å². The number of hydrogen-bond donors (Lipinski definition) is 3. The Morgan fingerprint density at radius 1 is 1.00 bits per heavy atom. The SMILES string of the molecule is C[C@@H](Nc1ccc(C(N)=O)cc1)C(=O)Nc1ccc(N2CCOCC2)cc1. The lowest BCUT2D eigenvalue weighted by atomic mass is 10.2. The lowest BCUT2D eigenvalue weighted by molar-refractivity contribution is -0.116. The van der Waals surface area contributed by atoms with Crippen molar-refractivity contribution >= 4 is 28.9 Å². The van der Waals surface area contributed by atoms with E-state index in [1.54, 1.807) is 31.2 Å². The van der Waals surface area contributed by atoms with E-state index in [9.17, 15) is 9.59 Å². The number of ether oxygens (including phenoxy) is 1. The van der Waals surface area contributed by atoms with Crippen molar-refractivity contribution in [3.05, 3.63) is 54.1 Å². The van der Waals surface area contributed by atoms with Crippen molar-refractivity contribution in [2.75, 3.05) is 41.8 Å². The molecule has 27 heavy (non-hydrogen) atoms. The summed E-state index contributed by atoms with van der Waals surface area (Å²) in [4.78, 5) is 25.8. The highest BCUT2D eigenvalue weighted by molar-refractivity contribution is 5.96. The first-order chi connectivity index (χ1) is 13.0. The van der Waals surface area contributed by atoms with Crippen LogP contribution in [0.3, 0.4) is 0 Å². The minimum atomic E-state index is -0.479. The molecule has 4 N–H and O–H groups in total. The average molecular weight is 368 g/mol. The summed E-state index contributed by atoms with van der Waals surface area (Å²) in [6, 6.07) is 14.1. The number of nitrogens with zero attached hydrogens (tertiary/aromatic N) is 1. The van der Waals surface area contributed by atoms with Gasteiger partial charge >= 0.3 is 0 Å². The Kier molecular flexibility index (Phi) is 5.93. The van der Waals surface area contributed by atoms with Gasteiger partial charge in [0.05, 0.1) is 13.2 Å². The van der Waals surface area contributed by atoms with E-state index in [0.29, 0.717) is 5.56 Å². The summed E-state index contributed by atoms with van der Waals surface area (Å²) in [5.41, 5.74) is 8.26. The summed E-state index contributed by atoms with van der Waals surface area (Å²) in [5, 5.41) is 6.01. The molecule has 0 bridgehead atoms. The van der Waals surface area contributed by atoms with Crippen molar-refractivity contribution in [2.45, 2.75) is 13.0 Å². The Balaban J connectivity index is 1.55. The number of carbonyl (C=O) groups is 2. The van der Waals surface area contributed by atoms with Gasteiger partial charge in [-0.05, 0) is 55.5 Å². The summed E-state index contributed by atoms with van der Waals surface area (Å²) in [5.74, 6) is -0.624. The van der Waals surface area contributed by atoms with Gasteiger partial charge in [-0.1, -0.05) is 0 Å². The minimum Gasteiger partial charge on any atom is -0.378 e. The number of rotatable bonds is 6. The zero-order chi connectivity index (χ0) is 19.2. The molecule has 1 aliphatic heterocycles. The number of nitrogens with two attached hydrogens (primary N) is 1. The number of amides is 2. The van der Waals surface area contributed by atoms with Crippen LogP contribution in [0.4, 0.5) is 17.1 Å². The van der Waals surface area contributed by atoms with Gasteiger partial charge in [-0.2, -0.15) is 0 Å². The molecule has 0 spiro atoms. The molecule has 2 aromatic rings. The summed E-state index contributed by atoms with van der Waals surface area (Å²) in [6.07, 6.45) is 0. The number of carbonyl (C=O) groups excluding carboxylic acids is 2. The van der Waals surface area contributed by atoms with Crippen molar-refractivity contribution in [1.82, 2.24) is 0 Å². The van der Waals surface area contributed by atoms with Crippen LogP contribution in [0.2, 0.25) is 0 Å². The van der Waals surface area contributed by atoms with Crippen molar-refractivity contribution in [2.24, 2.45) is 5.73 Å². The molecular formula is C20H24N4O3. The first-order valence-electron chi connectivity index (χ1n) is 8.93. The molecule has 142 valence electrons. The highest BCUT2D eigenvalue weighted by Gasteiger charge is 2.14. The molecule has 1 fully saturated rings. The van der Waals surface area contributed by atoms with Crippen molar-refractivity contribution in [3.8, 4) is 0 Å². The Morgan fingerprint density at radius 3 is 2.19 bits per heavy atom. The molecule has 1 heterocycles. The normalized spacial score (nSPS) is 15.1. The van der Waals surface area contributed by atoms with Gasteiger partial charge in [0.1, 0.15) is 6.04 Å². The maximum atomic E-state index is 12.4. The largest absolute Gasteiger partial charge is 0.378 e. The summed E-state index contributed by atoms with van der Waals surface area (Å²) < 4.78 is 5.36. The standard InChI is InChI=1S/C20H24N4O3/c1-14(22-16-4-2-15(3-5-16)19(21)25)20(26)23-17-6-8-18(9-7-17)24-10-12-27-13-11-24/h2-9,14,22H,10-13H2,1H3,(H2,21,25)(H,23,26)/t14-/m1/s1. The van der Waals surface area contributed by atoms with Gasteiger partial charge in [-0.15, -0.1) is 0 Å². The predicted molar refractivity (Wildman–Crippen MR) is 106 cm³/mol. The van der Waals surface area contributed by atoms with Crippen LogP contribution in [-0.2, 0) is 9.53 Å². The van der Waals surface area contributed by atoms with Crippen LogP contribution >= 0.6 is 0 Å². The van der Waals surface area contributed by atoms with E-state index in [4.69, 9.17) is 10.5 Å². The zero-order valence-electron chi connectivity index (χ0n) is 15.3. The van der Waals surface area contributed by atoms with Gasteiger partial charge < -0.3 is 26.0 Å².